The summed E-state index contributed by atoms with van der Waals surface area (Å²) in [6.45, 7) is 9.45. The standard InChI is InChI=1S/C20H26N2O3S/c1-14(16-7-6-8-18(13-16)21-15(2)23)22-26(24,25)19-11-9-17(10-12-19)20(3,4)5/h6-14,22H,1-5H3,(H,21,23). The molecule has 0 aromatic heterocycles. The van der Waals surface area contributed by atoms with Gasteiger partial charge >= 0.3 is 0 Å². The molecule has 0 radical (unpaired) electrons. The smallest absolute Gasteiger partial charge is 0.241 e. The number of carbonyl (C=O) groups excluding carboxylic acids is 1. The fourth-order valence-corrected chi connectivity index (χ4v) is 3.82. The van der Waals surface area contributed by atoms with Crippen LogP contribution in [0.1, 0.15) is 51.8 Å². The number of benzene rings is 2. The van der Waals surface area contributed by atoms with Gasteiger partial charge in [0.15, 0.2) is 0 Å². The lowest BCUT2D eigenvalue weighted by Gasteiger charge is -2.20. The minimum absolute atomic E-state index is 0.0346. The number of anilines is 1. The zero-order chi connectivity index (χ0) is 19.5. The summed E-state index contributed by atoms with van der Waals surface area (Å²) in [5.74, 6) is -0.172. The molecule has 0 aliphatic heterocycles. The average molecular weight is 375 g/mol. The molecule has 1 unspecified atom stereocenters. The summed E-state index contributed by atoms with van der Waals surface area (Å²) in [6, 6.07) is 13.6. The summed E-state index contributed by atoms with van der Waals surface area (Å²) < 4.78 is 28.0. The molecule has 26 heavy (non-hydrogen) atoms. The lowest BCUT2D eigenvalue weighted by atomic mass is 9.87. The van der Waals surface area contributed by atoms with Crippen molar-refractivity contribution < 1.29 is 13.2 Å². The van der Waals surface area contributed by atoms with Crippen LogP contribution in [-0.4, -0.2) is 14.3 Å². The molecule has 140 valence electrons. The van der Waals surface area contributed by atoms with Gasteiger partial charge in [-0.25, -0.2) is 13.1 Å². The SMILES string of the molecule is CC(=O)Nc1cccc(C(C)NS(=O)(=O)c2ccc(C(C)(C)C)cc2)c1. The van der Waals surface area contributed by atoms with E-state index in [2.05, 4.69) is 30.8 Å². The van der Waals surface area contributed by atoms with E-state index < -0.39 is 16.1 Å². The zero-order valence-electron chi connectivity index (χ0n) is 15.8. The first kappa shape index (κ1) is 20.1. The van der Waals surface area contributed by atoms with Crippen LogP contribution in [0.3, 0.4) is 0 Å². The Hall–Kier alpha value is -2.18. The first-order valence-electron chi connectivity index (χ1n) is 8.49. The fraction of sp³-hybridized carbons (Fsp3) is 0.350. The zero-order valence-corrected chi connectivity index (χ0v) is 16.6. The molecular formula is C20H26N2O3S. The maximum Gasteiger partial charge on any atom is 0.241 e. The molecule has 6 heteroatoms. The second-order valence-electron chi connectivity index (χ2n) is 7.42. The third-order valence-electron chi connectivity index (χ3n) is 4.07. The molecule has 2 aromatic carbocycles. The lowest BCUT2D eigenvalue weighted by Crippen LogP contribution is -2.27. The van der Waals surface area contributed by atoms with E-state index in [0.29, 0.717) is 5.69 Å². The Morgan fingerprint density at radius 2 is 1.65 bits per heavy atom. The van der Waals surface area contributed by atoms with Gasteiger partial charge in [0.25, 0.3) is 0 Å². The van der Waals surface area contributed by atoms with Crippen molar-refractivity contribution in [1.29, 1.82) is 0 Å². The molecule has 0 spiro atoms. The molecule has 0 bridgehead atoms. The van der Waals surface area contributed by atoms with Gasteiger partial charge in [-0.1, -0.05) is 45.0 Å². The van der Waals surface area contributed by atoms with Gasteiger partial charge in [0.1, 0.15) is 0 Å². The lowest BCUT2D eigenvalue weighted by molar-refractivity contribution is -0.114. The van der Waals surface area contributed by atoms with Gasteiger partial charge in [-0.3, -0.25) is 4.79 Å². The van der Waals surface area contributed by atoms with Crippen LogP contribution in [0.15, 0.2) is 53.4 Å². The summed E-state index contributed by atoms with van der Waals surface area (Å²) >= 11 is 0. The van der Waals surface area contributed by atoms with Crippen LogP contribution in [0.5, 0.6) is 0 Å². The molecule has 0 saturated heterocycles. The number of rotatable bonds is 5. The average Bonchev–Trinajstić information content (AvgIpc) is 2.53. The molecule has 1 atom stereocenters. The van der Waals surface area contributed by atoms with Gasteiger partial charge in [-0.2, -0.15) is 0 Å². The Morgan fingerprint density at radius 3 is 2.19 bits per heavy atom. The van der Waals surface area contributed by atoms with Gasteiger partial charge in [0.05, 0.1) is 4.90 Å². The van der Waals surface area contributed by atoms with E-state index in [1.165, 1.54) is 6.92 Å². The molecule has 0 heterocycles. The maximum absolute atomic E-state index is 12.7. The molecular weight excluding hydrogens is 348 g/mol. The second-order valence-corrected chi connectivity index (χ2v) is 9.14. The van der Waals surface area contributed by atoms with Crippen LogP contribution in [0, 0.1) is 0 Å². The summed E-state index contributed by atoms with van der Waals surface area (Å²) in [6.07, 6.45) is 0. The molecule has 2 N–H and O–H groups in total. The van der Waals surface area contributed by atoms with Gasteiger partial charge < -0.3 is 5.32 Å². The number of nitrogens with one attached hydrogen (secondary N) is 2. The van der Waals surface area contributed by atoms with E-state index in [4.69, 9.17) is 0 Å². The number of hydrogen-bond donors (Lipinski definition) is 2. The van der Waals surface area contributed by atoms with Gasteiger partial charge in [0, 0.05) is 18.7 Å². The Morgan fingerprint density at radius 1 is 1.04 bits per heavy atom. The van der Waals surface area contributed by atoms with Gasteiger partial charge in [-0.05, 0) is 47.7 Å². The second kappa shape index (κ2) is 7.60. The third kappa shape index (κ3) is 5.16. The summed E-state index contributed by atoms with van der Waals surface area (Å²) in [5, 5.41) is 2.70. The van der Waals surface area contributed by atoms with Crippen molar-refractivity contribution in [2.24, 2.45) is 0 Å². The summed E-state index contributed by atoms with van der Waals surface area (Å²) in [7, 11) is -3.64. The largest absolute Gasteiger partial charge is 0.326 e. The first-order chi connectivity index (χ1) is 12.0. The fourth-order valence-electron chi connectivity index (χ4n) is 2.59. The van der Waals surface area contributed by atoms with Crippen LogP contribution in [-0.2, 0) is 20.2 Å². The van der Waals surface area contributed by atoms with E-state index in [1.807, 2.05) is 18.2 Å². The first-order valence-corrected chi connectivity index (χ1v) is 9.98. The normalized spacial score (nSPS) is 13.3. The topological polar surface area (TPSA) is 75.3 Å². The summed E-state index contributed by atoms with van der Waals surface area (Å²) in [5.41, 5.74) is 2.45. The van der Waals surface area contributed by atoms with E-state index in [9.17, 15) is 13.2 Å². The highest BCUT2D eigenvalue weighted by Gasteiger charge is 2.20. The monoisotopic (exact) mass is 374 g/mol. The summed E-state index contributed by atoms with van der Waals surface area (Å²) in [4.78, 5) is 11.4. The van der Waals surface area contributed by atoms with Crippen molar-refractivity contribution >= 4 is 21.6 Å². The van der Waals surface area contributed by atoms with Gasteiger partial charge in [0.2, 0.25) is 15.9 Å². The predicted octanol–water partition coefficient (Wildman–Crippen LogP) is 3.98. The number of sulfonamides is 1. The van der Waals surface area contributed by atoms with Crippen LogP contribution in [0.4, 0.5) is 5.69 Å². The van der Waals surface area contributed by atoms with Crippen molar-refractivity contribution in [2.45, 2.75) is 51.0 Å². The minimum Gasteiger partial charge on any atom is -0.326 e. The van der Waals surface area contributed by atoms with E-state index in [1.54, 1.807) is 37.3 Å². The van der Waals surface area contributed by atoms with Gasteiger partial charge in [-0.15, -0.1) is 0 Å². The van der Waals surface area contributed by atoms with Crippen LogP contribution < -0.4 is 10.0 Å². The third-order valence-corrected chi connectivity index (χ3v) is 5.63. The molecule has 0 fully saturated rings. The number of hydrogen-bond acceptors (Lipinski definition) is 3. The van der Waals surface area contributed by atoms with Crippen molar-refractivity contribution in [2.75, 3.05) is 5.32 Å². The molecule has 1 amide bonds. The highest BCUT2D eigenvalue weighted by molar-refractivity contribution is 7.89. The molecule has 0 saturated carbocycles. The minimum atomic E-state index is -3.64. The predicted molar refractivity (Wildman–Crippen MR) is 105 cm³/mol. The highest BCUT2D eigenvalue weighted by Crippen LogP contribution is 2.24. The molecule has 0 aliphatic carbocycles. The van der Waals surface area contributed by atoms with E-state index in [-0.39, 0.29) is 16.2 Å². The quantitative estimate of drug-likeness (QED) is 0.831. The number of carbonyl (C=O) groups is 1. The molecule has 2 aromatic rings. The van der Waals surface area contributed by atoms with E-state index >= 15 is 0 Å². The Bertz CT molecular complexity index is 882. The van der Waals surface area contributed by atoms with Crippen molar-refractivity contribution in [3.8, 4) is 0 Å². The van der Waals surface area contributed by atoms with Crippen molar-refractivity contribution in [3.05, 3.63) is 59.7 Å². The highest BCUT2D eigenvalue weighted by atomic mass is 32.2. The van der Waals surface area contributed by atoms with Crippen LogP contribution in [0.2, 0.25) is 0 Å². The Kier molecular flexibility index (Phi) is 5.88. The molecule has 0 aliphatic rings. The van der Waals surface area contributed by atoms with Crippen LogP contribution in [0.25, 0.3) is 0 Å². The molecule has 2 rings (SSSR count). The Labute approximate surface area is 155 Å². The maximum atomic E-state index is 12.7. The Balaban J connectivity index is 2.19. The number of amides is 1. The van der Waals surface area contributed by atoms with Crippen molar-refractivity contribution in [3.63, 3.8) is 0 Å². The van der Waals surface area contributed by atoms with Crippen molar-refractivity contribution in [1.82, 2.24) is 4.72 Å². The molecule has 5 nitrogen and oxygen atoms in total. The van der Waals surface area contributed by atoms with Crippen LogP contribution >= 0.6 is 0 Å². The van der Waals surface area contributed by atoms with E-state index in [0.717, 1.165) is 11.1 Å².